The van der Waals surface area contributed by atoms with Gasteiger partial charge in [0.25, 0.3) is 0 Å². The highest BCUT2D eigenvalue weighted by Gasteiger charge is 2.50. The fraction of sp³-hybridized carbons (Fsp3) is 0.462. The number of halogens is 1. The van der Waals surface area contributed by atoms with Crippen molar-refractivity contribution in [2.24, 2.45) is 11.1 Å². The van der Waals surface area contributed by atoms with Crippen molar-refractivity contribution in [1.82, 2.24) is 0 Å². The Bertz CT molecular complexity index is 429. The fourth-order valence-corrected chi connectivity index (χ4v) is 2.96. The number of hydrogen-bond donors (Lipinski definition) is 1. The van der Waals surface area contributed by atoms with E-state index in [4.69, 9.17) is 10.5 Å². The molecule has 1 aromatic carbocycles. The second kappa shape index (κ2) is 4.78. The first-order valence-electron chi connectivity index (χ1n) is 5.70. The van der Waals surface area contributed by atoms with Crippen LogP contribution in [0.4, 0.5) is 0 Å². The molecular weight excluding hydrogens is 282 g/mol. The van der Waals surface area contributed by atoms with Crippen molar-refractivity contribution in [3.05, 3.63) is 34.3 Å². The van der Waals surface area contributed by atoms with Crippen molar-refractivity contribution in [3.8, 4) is 0 Å². The van der Waals surface area contributed by atoms with E-state index in [1.54, 1.807) is 0 Å². The first kappa shape index (κ1) is 12.6. The van der Waals surface area contributed by atoms with E-state index in [0.717, 1.165) is 29.3 Å². The van der Waals surface area contributed by atoms with Crippen LogP contribution in [0.15, 0.2) is 28.7 Å². The molecule has 1 aliphatic carbocycles. The molecule has 1 fully saturated rings. The van der Waals surface area contributed by atoms with Gasteiger partial charge in [0, 0.05) is 10.5 Å². The maximum Gasteiger partial charge on any atom is 0.313 e. The number of rotatable bonds is 3. The maximum atomic E-state index is 11.9. The normalized spacial score (nSPS) is 19.2. The lowest BCUT2D eigenvalue weighted by Crippen LogP contribution is -2.47. The Morgan fingerprint density at radius 2 is 2.12 bits per heavy atom. The van der Waals surface area contributed by atoms with Gasteiger partial charge in [-0.1, -0.05) is 40.5 Å². The van der Waals surface area contributed by atoms with Gasteiger partial charge in [0.05, 0.1) is 12.5 Å². The van der Waals surface area contributed by atoms with Crippen LogP contribution in [0, 0.1) is 5.41 Å². The minimum absolute atomic E-state index is 0.188. The van der Waals surface area contributed by atoms with Crippen LogP contribution in [0.25, 0.3) is 0 Å². The second-order valence-corrected chi connectivity index (χ2v) is 5.35. The van der Waals surface area contributed by atoms with Crippen LogP contribution in [-0.4, -0.2) is 13.1 Å². The summed E-state index contributed by atoms with van der Waals surface area (Å²) in [6.07, 6.45) is 2.65. The fourth-order valence-electron chi connectivity index (χ4n) is 2.43. The largest absolute Gasteiger partial charge is 0.469 e. The van der Waals surface area contributed by atoms with Crippen molar-refractivity contribution < 1.29 is 9.53 Å². The average Bonchev–Trinajstić information content (AvgIpc) is 2.27. The van der Waals surface area contributed by atoms with Crippen molar-refractivity contribution in [2.45, 2.75) is 25.3 Å². The number of benzene rings is 1. The highest BCUT2D eigenvalue weighted by Crippen LogP contribution is 2.50. The molecule has 2 rings (SSSR count). The van der Waals surface area contributed by atoms with E-state index in [1.165, 1.54) is 7.11 Å². The molecule has 1 aliphatic rings. The van der Waals surface area contributed by atoms with Gasteiger partial charge in [-0.25, -0.2) is 0 Å². The van der Waals surface area contributed by atoms with Crippen molar-refractivity contribution in [1.29, 1.82) is 0 Å². The molecule has 1 unspecified atom stereocenters. The van der Waals surface area contributed by atoms with E-state index in [9.17, 15) is 4.79 Å². The molecule has 3 nitrogen and oxygen atoms in total. The SMILES string of the molecule is COC(=O)C1(C(N)c2ccccc2Br)CCC1. The van der Waals surface area contributed by atoms with Gasteiger partial charge in [0.2, 0.25) is 0 Å². The smallest absolute Gasteiger partial charge is 0.313 e. The van der Waals surface area contributed by atoms with Gasteiger partial charge in [-0.15, -0.1) is 0 Å². The topological polar surface area (TPSA) is 52.3 Å². The summed E-state index contributed by atoms with van der Waals surface area (Å²) in [4.78, 5) is 11.9. The van der Waals surface area contributed by atoms with Crippen LogP contribution in [-0.2, 0) is 9.53 Å². The molecule has 1 saturated carbocycles. The Morgan fingerprint density at radius 1 is 1.47 bits per heavy atom. The van der Waals surface area contributed by atoms with E-state index in [0.29, 0.717) is 0 Å². The van der Waals surface area contributed by atoms with E-state index < -0.39 is 5.41 Å². The predicted molar refractivity (Wildman–Crippen MR) is 69.4 cm³/mol. The molecule has 0 saturated heterocycles. The Morgan fingerprint density at radius 3 is 2.59 bits per heavy atom. The Hall–Kier alpha value is -0.870. The standard InChI is InChI=1S/C13H16BrNO2/c1-17-12(16)13(7-4-8-13)11(15)9-5-2-3-6-10(9)14/h2-3,5-6,11H,4,7-8,15H2,1H3. The molecule has 0 amide bonds. The lowest BCUT2D eigenvalue weighted by molar-refractivity contribution is -0.160. The molecule has 0 aliphatic heterocycles. The third-order valence-electron chi connectivity index (χ3n) is 3.67. The summed E-state index contributed by atoms with van der Waals surface area (Å²) in [5.74, 6) is -0.188. The van der Waals surface area contributed by atoms with Crippen LogP contribution in [0.2, 0.25) is 0 Å². The summed E-state index contributed by atoms with van der Waals surface area (Å²) in [7, 11) is 1.43. The quantitative estimate of drug-likeness (QED) is 0.873. The summed E-state index contributed by atoms with van der Waals surface area (Å²) < 4.78 is 5.85. The second-order valence-electron chi connectivity index (χ2n) is 4.50. The van der Waals surface area contributed by atoms with Gasteiger partial charge in [0.15, 0.2) is 0 Å². The molecule has 0 aromatic heterocycles. The zero-order valence-electron chi connectivity index (χ0n) is 9.78. The number of hydrogen-bond acceptors (Lipinski definition) is 3. The molecule has 4 heteroatoms. The third kappa shape index (κ3) is 2.00. The first-order chi connectivity index (χ1) is 8.12. The number of esters is 1. The van der Waals surface area contributed by atoms with Crippen LogP contribution >= 0.6 is 15.9 Å². The van der Waals surface area contributed by atoms with Gasteiger partial charge in [0.1, 0.15) is 0 Å². The van der Waals surface area contributed by atoms with Gasteiger partial charge in [-0.05, 0) is 24.5 Å². The number of ether oxygens (including phenoxy) is 1. The highest BCUT2D eigenvalue weighted by molar-refractivity contribution is 9.10. The number of nitrogens with two attached hydrogens (primary N) is 1. The predicted octanol–water partition coefficient (Wildman–Crippen LogP) is 2.79. The zero-order valence-corrected chi connectivity index (χ0v) is 11.4. The van der Waals surface area contributed by atoms with E-state index in [-0.39, 0.29) is 12.0 Å². The first-order valence-corrected chi connectivity index (χ1v) is 6.49. The molecular formula is C13H16BrNO2. The summed E-state index contributed by atoms with van der Waals surface area (Å²) in [5, 5.41) is 0. The highest BCUT2D eigenvalue weighted by atomic mass is 79.9. The summed E-state index contributed by atoms with van der Waals surface area (Å²) in [5.41, 5.74) is 6.72. The minimum atomic E-state index is -0.529. The van der Waals surface area contributed by atoms with Crippen LogP contribution in [0.1, 0.15) is 30.9 Å². The van der Waals surface area contributed by atoms with Gasteiger partial charge >= 0.3 is 5.97 Å². The zero-order chi connectivity index (χ0) is 12.5. The van der Waals surface area contributed by atoms with Crippen molar-refractivity contribution in [2.75, 3.05) is 7.11 Å². The third-order valence-corrected chi connectivity index (χ3v) is 4.40. The number of carbonyl (C=O) groups excluding carboxylic acids is 1. The molecule has 17 heavy (non-hydrogen) atoms. The average molecular weight is 298 g/mol. The molecule has 2 N–H and O–H groups in total. The molecule has 0 bridgehead atoms. The lowest BCUT2D eigenvalue weighted by Gasteiger charge is -2.43. The molecule has 92 valence electrons. The molecule has 1 aromatic rings. The number of methoxy groups -OCH3 is 1. The van der Waals surface area contributed by atoms with Crippen molar-refractivity contribution in [3.63, 3.8) is 0 Å². The van der Waals surface area contributed by atoms with Crippen molar-refractivity contribution >= 4 is 21.9 Å². The van der Waals surface area contributed by atoms with Gasteiger partial charge in [-0.3, -0.25) is 4.79 Å². The molecule has 0 spiro atoms. The van der Waals surface area contributed by atoms with Gasteiger partial charge in [-0.2, -0.15) is 0 Å². The Labute approximate surface area is 109 Å². The maximum absolute atomic E-state index is 11.9. The molecule has 0 heterocycles. The minimum Gasteiger partial charge on any atom is -0.469 e. The van der Waals surface area contributed by atoms with E-state index in [2.05, 4.69) is 15.9 Å². The molecule has 0 radical (unpaired) electrons. The molecule has 1 atom stereocenters. The van der Waals surface area contributed by atoms with E-state index >= 15 is 0 Å². The summed E-state index contributed by atoms with van der Waals surface area (Å²) in [6, 6.07) is 7.46. The van der Waals surface area contributed by atoms with Crippen LogP contribution in [0.5, 0.6) is 0 Å². The Balaban J connectivity index is 2.33. The monoisotopic (exact) mass is 297 g/mol. The van der Waals surface area contributed by atoms with Crippen LogP contribution in [0.3, 0.4) is 0 Å². The summed E-state index contributed by atoms with van der Waals surface area (Å²) in [6.45, 7) is 0. The summed E-state index contributed by atoms with van der Waals surface area (Å²) >= 11 is 3.48. The van der Waals surface area contributed by atoms with E-state index in [1.807, 2.05) is 24.3 Å². The lowest BCUT2D eigenvalue weighted by atomic mass is 9.62. The Kier molecular flexibility index (Phi) is 3.54. The van der Waals surface area contributed by atoms with Gasteiger partial charge < -0.3 is 10.5 Å². The van der Waals surface area contributed by atoms with Crippen LogP contribution < -0.4 is 5.73 Å². The number of carbonyl (C=O) groups is 1.